The first-order valence-electron chi connectivity index (χ1n) is 11.9. The Balaban J connectivity index is 1.48. The molecular formula is C28H26FN3O2S. The topological polar surface area (TPSA) is 46.5 Å². The molecule has 0 fully saturated rings. The van der Waals surface area contributed by atoms with E-state index in [0.29, 0.717) is 18.0 Å². The summed E-state index contributed by atoms with van der Waals surface area (Å²) in [6.45, 7) is 0.487. The zero-order valence-corrected chi connectivity index (χ0v) is 20.3. The molecule has 1 aliphatic heterocycles. The van der Waals surface area contributed by atoms with Gasteiger partial charge < -0.3 is 19.5 Å². The van der Waals surface area contributed by atoms with Crippen LogP contribution in [0.25, 0.3) is 5.00 Å². The van der Waals surface area contributed by atoms with E-state index >= 15 is 0 Å². The van der Waals surface area contributed by atoms with Crippen LogP contribution in [0.4, 0.5) is 14.9 Å². The number of amides is 2. The summed E-state index contributed by atoms with van der Waals surface area (Å²) in [5.74, 6) is 0.384. The Hall–Kier alpha value is -3.58. The molecule has 0 spiro atoms. The zero-order valence-electron chi connectivity index (χ0n) is 19.5. The number of aromatic nitrogens is 1. The number of hydrogen-bond acceptors (Lipinski definition) is 3. The number of halogens is 1. The average molecular weight is 488 g/mol. The minimum Gasteiger partial charge on any atom is -0.497 e. The highest BCUT2D eigenvalue weighted by atomic mass is 32.1. The minimum atomic E-state index is -0.366. The molecule has 0 bridgehead atoms. The standard InChI is InChI=1S/C28H26FN3O2S/c1-34-21-7-4-6-20(16-21)30-28(33)32-17-23-22-8-2-3-10-25(22)35-27(23)31-15-5-9-24(31)26(32)18-11-13-19(29)14-12-18/h4-7,9,11-16,26H,2-3,8,10,17H2,1H3,(H,30,33)/t26-/m1/s1. The summed E-state index contributed by atoms with van der Waals surface area (Å²) in [6.07, 6.45) is 6.61. The van der Waals surface area contributed by atoms with Gasteiger partial charge in [0.05, 0.1) is 25.4 Å². The molecule has 0 saturated carbocycles. The molecule has 0 unspecified atom stereocenters. The number of urea groups is 1. The van der Waals surface area contributed by atoms with Crippen molar-refractivity contribution in [3.63, 3.8) is 0 Å². The number of anilines is 1. The van der Waals surface area contributed by atoms with Crippen LogP contribution in [-0.2, 0) is 19.4 Å². The van der Waals surface area contributed by atoms with Crippen molar-refractivity contribution in [3.8, 4) is 10.8 Å². The Morgan fingerprint density at radius 3 is 2.71 bits per heavy atom. The number of methoxy groups -OCH3 is 1. The number of fused-ring (bicyclic) bond motifs is 5. The maximum Gasteiger partial charge on any atom is 0.322 e. The number of nitrogens with zero attached hydrogens (tertiary/aromatic N) is 2. The van der Waals surface area contributed by atoms with Crippen molar-refractivity contribution >= 4 is 23.1 Å². The molecule has 7 heteroatoms. The van der Waals surface area contributed by atoms with E-state index in [1.807, 2.05) is 46.6 Å². The molecule has 35 heavy (non-hydrogen) atoms. The van der Waals surface area contributed by atoms with Crippen LogP contribution in [0.2, 0.25) is 0 Å². The molecule has 2 aliphatic rings. The Morgan fingerprint density at radius 1 is 1.06 bits per heavy atom. The van der Waals surface area contributed by atoms with Crippen molar-refractivity contribution in [2.45, 2.75) is 38.3 Å². The zero-order chi connectivity index (χ0) is 23.9. The second-order valence-corrected chi connectivity index (χ2v) is 10.1. The van der Waals surface area contributed by atoms with E-state index in [1.54, 1.807) is 19.2 Å². The van der Waals surface area contributed by atoms with Crippen molar-refractivity contribution in [2.24, 2.45) is 0 Å². The highest BCUT2D eigenvalue weighted by Crippen LogP contribution is 2.44. The molecule has 2 aromatic carbocycles. The van der Waals surface area contributed by atoms with Gasteiger partial charge >= 0.3 is 6.03 Å². The Labute approximate surface area is 207 Å². The van der Waals surface area contributed by atoms with Gasteiger partial charge in [-0.25, -0.2) is 9.18 Å². The summed E-state index contributed by atoms with van der Waals surface area (Å²) in [7, 11) is 1.61. The van der Waals surface area contributed by atoms with E-state index in [1.165, 1.54) is 46.0 Å². The minimum absolute atomic E-state index is 0.205. The molecular weight excluding hydrogens is 461 g/mol. The fourth-order valence-electron chi connectivity index (χ4n) is 5.28. The average Bonchev–Trinajstić information content (AvgIpc) is 3.47. The third kappa shape index (κ3) is 3.90. The summed E-state index contributed by atoms with van der Waals surface area (Å²) in [6, 6.07) is 17.4. The van der Waals surface area contributed by atoms with E-state index in [2.05, 4.69) is 22.1 Å². The Bertz CT molecular complexity index is 1390. The molecule has 2 aromatic heterocycles. The molecule has 5 nitrogen and oxygen atoms in total. The lowest BCUT2D eigenvalue weighted by Gasteiger charge is -2.31. The van der Waals surface area contributed by atoms with Crippen molar-refractivity contribution in [1.29, 1.82) is 0 Å². The van der Waals surface area contributed by atoms with Gasteiger partial charge in [-0.2, -0.15) is 0 Å². The van der Waals surface area contributed by atoms with E-state index in [-0.39, 0.29) is 17.9 Å². The lowest BCUT2D eigenvalue weighted by Crippen LogP contribution is -2.38. The number of ether oxygens (including phenoxy) is 1. The molecule has 0 radical (unpaired) electrons. The first kappa shape index (κ1) is 21.9. The van der Waals surface area contributed by atoms with Gasteiger partial charge in [-0.05, 0) is 73.2 Å². The third-order valence-electron chi connectivity index (χ3n) is 6.95. The normalized spacial score (nSPS) is 16.6. The summed E-state index contributed by atoms with van der Waals surface area (Å²) < 4.78 is 21.4. The Kier molecular flexibility index (Phi) is 5.57. The predicted octanol–water partition coefficient (Wildman–Crippen LogP) is 6.70. The summed E-state index contributed by atoms with van der Waals surface area (Å²) in [5.41, 5.74) is 5.16. The quantitative estimate of drug-likeness (QED) is 0.349. The van der Waals surface area contributed by atoms with E-state index < -0.39 is 0 Å². The number of hydrogen-bond donors (Lipinski definition) is 1. The van der Waals surface area contributed by atoms with Crippen LogP contribution in [0, 0.1) is 5.82 Å². The number of aryl methyl sites for hydroxylation is 1. The van der Waals surface area contributed by atoms with Gasteiger partial charge in [0.2, 0.25) is 0 Å². The summed E-state index contributed by atoms with van der Waals surface area (Å²) >= 11 is 1.85. The van der Waals surface area contributed by atoms with E-state index in [9.17, 15) is 9.18 Å². The summed E-state index contributed by atoms with van der Waals surface area (Å²) in [5, 5.41) is 4.27. The van der Waals surface area contributed by atoms with Gasteiger partial charge in [0.15, 0.2) is 0 Å². The molecule has 6 rings (SSSR count). The SMILES string of the molecule is COc1cccc(NC(=O)N2Cc3c(sc4c3CCCC4)-n3cccc3[C@H]2c2ccc(F)cc2)c1. The molecule has 178 valence electrons. The van der Waals surface area contributed by atoms with Crippen LogP contribution in [0.5, 0.6) is 5.75 Å². The van der Waals surface area contributed by atoms with Crippen molar-refractivity contribution < 1.29 is 13.9 Å². The van der Waals surface area contributed by atoms with E-state index in [4.69, 9.17) is 4.74 Å². The highest BCUT2D eigenvalue weighted by Gasteiger charge is 2.36. The van der Waals surface area contributed by atoms with Crippen LogP contribution < -0.4 is 10.1 Å². The maximum atomic E-state index is 13.9. The van der Waals surface area contributed by atoms with Crippen LogP contribution >= 0.6 is 11.3 Å². The van der Waals surface area contributed by atoms with Gasteiger partial charge in [0, 0.05) is 28.4 Å². The maximum absolute atomic E-state index is 13.9. The van der Waals surface area contributed by atoms with Gasteiger partial charge in [-0.3, -0.25) is 0 Å². The van der Waals surface area contributed by atoms with Crippen LogP contribution in [-0.4, -0.2) is 22.6 Å². The molecule has 3 heterocycles. The Morgan fingerprint density at radius 2 is 1.89 bits per heavy atom. The van der Waals surface area contributed by atoms with Crippen LogP contribution in [0.1, 0.15) is 46.1 Å². The van der Waals surface area contributed by atoms with Crippen LogP contribution in [0.15, 0.2) is 66.9 Å². The van der Waals surface area contributed by atoms with Gasteiger partial charge in [0.1, 0.15) is 16.6 Å². The molecule has 1 N–H and O–H groups in total. The smallest absolute Gasteiger partial charge is 0.322 e. The summed E-state index contributed by atoms with van der Waals surface area (Å²) in [4.78, 5) is 17.2. The molecule has 4 aromatic rings. The van der Waals surface area contributed by atoms with Gasteiger partial charge in [-0.15, -0.1) is 11.3 Å². The second-order valence-electron chi connectivity index (χ2n) is 9.04. The monoisotopic (exact) mass is 487 g/mol. The largest absolute Gasteiger partial charge is 0.497 e. The van der Waals surface area contributed by atoms with Crippen molar-refractivity contribution in [3.05, 3.63) is 99.9 Å². The van der Waals surface area contributed by atoms with Crippen LogP contribution in [0.3, 0.4) is 0 Å². The van der Waals surface area contributed by atoms with Gasteiger partial charge in [-0.1, -0.05) is 18.2 Å². The number of nitrogens with one attached hydrogen (secondary N) is 1. The fourth-order valence-corrected chi connectivity index (χ4v) is 6.68. The lowest BCUT2D eigenvalue weighted by atomic mass is 9.95. The number of carbonyl (C=O) groups excluding carboxylic acids is 1. The number of carbonyl (C=O) groups is 1. The van der Waals surface area contributed by atoms with Crippen molar-refractivity contribution in [2.75, 3.05) is 12.4 Å². The van der Waals surface area contributed by atoms with Gasteiger partial charge in [0.25, 0.3) is 0 Å². The fraction of sp³-hybridized carbons (Fsp3) is 0.250. The first-order valence-corrected chi connectivity index (χ1v) is 12.7. The second kappa shape index (κ2) is 8.89. The van der Waals surface area contributed by atoms with Crippen molar-refractivity contribution in [1.82, 2.24) is 9.47 Å². The number of thiophene rings is 1. The number of rotatable bonds is 3. The number of benzene rings is 2. The van der Waals surface area contributed by atoms with E-state index in [0.717, 1.165) is 24.1 Å². The molecule has 2 amide bonds. The predicted molar refractivity (Wildman–Crippen MR) is 136 cm³/mol. The molecule has 1 atom stereocenters. The molecule has 0 saturated heterocycles. The first-order chi connectivity index (χ1) is 17.1. The third-order valence-corrected chi connectivity index (χ3v) is 8.28. The highest BCUT2D eigenvalue weighted by molar-refractivity contribution is 7.15. The molecule has 1 aliphatic carbocycles. The lowest BCUT2D eigenvalue weighted by molar-refractivity contribution is 0.194.